The summed E-state index contributed by atoms with van der Waals surface area (Å²) in [7, 11) is 1.41. The highest BCUT2D eigenvalue weighted by molar-refractivity contribution is 5.77. The van der Waals surface area contributed by atoms with Crippen LogP contribution in [0.25, 0.3) is 0 Å². The van der Waals surface area contributed by atoms with Crippen molar-refractivity contribution in [3.8, 4) is 0 Å². The van der Waals surface area contributed by atoms with Crippen LogP contribution in [0, 0.1) is 0 Å². The van der Waals surface area contributed by atoms with Crippen molar-refractivity contribution in [3.05, 3.63) is 35.9 Å². The molecule has 80 valence electrons. The van der Waals surface area contributed by atoms with Crippen molar-refractivity contribution in [2.75, 3.05) is 13.7 Å². The molecule has 0 radical (unpaired) electrons. The average molecular weight is 206 g/mol. The molecule has 4 nitrogen and oxygen atoms in total. The molecule has 0 bridgehead atoms. The van der Waals surface area contributed by atoms with Gasteiger partial charge in [-0.05, 0) is 5.56 Å². The Morgan fingerprint density at radius 1 is 1.40 bits per heavy atom. The molecule has 1 aromatic rings. The summed E-state index contributed by atoms with van der Waals surface area (Å²) in [6.07, 6.45) is 0. The molecule has 0 amide bonds. The molecule has 2 unspecified atom stereocenters. The molecule has 15 heavy (non-hydrogen) atoms. The fraction of sp³-hybridized carbons (Fsp3) is 0.364. The van der Waals surface area contributed by atoms with E-state index in [1.807, 2.05) is 30.3 Å². The number of hydrogen-bond acceptors (Lipinski definition) is 4. The molecule has 2 N–H and O–H groups in total. The van der Waals surface area contributed by atoms with Crippen LogP contribution in [-0.2, 0) is 9.53 Å². The van der Waals surface area contributed by atoms with E-state index in [1.165, 1.54) is 7.11 Å². The Hall–Kier alpha value is -1.39. The summed E-state index contributed by atoms with van der Waals surface area (Å²) in [6.45, 7) is 0.740. The Bertz CT molecular complexity index is 340. The Balaban J connectivity index is 2.18. The van der Waals surface area contributed by atoms with Crippen LogP contribution in [-0.4, -0.2) is 25.7 Å². The van der Waals surface area contributed by atoms with Crippen molar-refractivity contribution in [1.82, 2.24) is 10.9 Å². The highest BCUT2D eigenvalue weighted by Crippen LogP contribution is 2.22. The van der Waals surface area contributed by atoms with E-state index in [0.29, 0.717) is 0 Å². The number of hydrogen-bond donors (Lipinski definition) is 2. The smallest absolute Gasteiger partial charge is 0.324 e. The maximum Gasteiger partial charge on any atom is 0.324 e. The number of esters is 1. The Morgan fingerprint density at radius 2 is 2.13 bits per heavy atom. The third-order valence-corrected chi connectivity index (χ3v) is 2.66. The van der Waals surface area contributed by atoms with E-state index < -0.39 is 0 Å². The zero-order chi connectivity index (χ0) is 10.7. The number of rotatable bonds is 2. The largest absolute Gasteiger partial charge is 0.468 e. The number of carbonyl (C=O) groups is 1. The van der Waals surface area contributed by atoms with Gasteiger partial charge < -0.3 is 4.74 Å². The molecule has 1 fully saturated rings. The van der Waals surface area contributed by atoms with Crippen LogP contribution in [0.1, 0.15) is 11.5 Å². The molecular weight excluding hydrogens is 192 g/mol. The minimum absolute atomic E-state index is 0.138. The normalized spacial score (nSPS) is 25.1. The van der Waals surface area contributed by atoms with E-state index in [1.54, 1.807) is 0 Å². The highest BCUT2D eigenvalue weighted by atomic mass is 16.5. The van der Waals surface area contributed by atoms with Crippen LogP contribution in [0.5, 0.6) is 0 Å². The molecule has 1 saturated heterocycles. The zero-order valence-corrected chi connectivity index (χ0v) is 8.57. The van der Waals surface area contributed by atoms with Crippen molar-refractivity contribution in [2.24, 2.45) is 0 Å². The molecule has 2 atom stereocenters. The standard InChI is InChI=1S/C11H14N2O2/c1-15-11(14)10-9(7-12-13-10)8-5-3-2-4-6-8/h2-6,9-10,12-13H,7H2,1H3. The maximum absolute atomic E-state index is 11.5. The Labute approximate surface area is 88.6 Å². The number of carbonyl (C=O) groups excluding carboxylic acids is 1. The van der Waals surface area contributed by atoms with Crippen molar-refractivity contribution >= 4 is 5.97 Å². The summed E-state index contributed by atoms with van der Waals surface area (Å²) in [4.78, 5) is 11.5. The topological polar surface area (TPSA) is 50.4 Å². The number of benzene rings is 1. The van der Waals surface area contributed by atoms with Gasteiger partial charge in [-0.1, -0.05) is 30.3 Å². The summed E-state index contributed by atoms with van der Waals surface area (Å²) >= 11 is 0. The van der Waals surface area contributed by atoms with Gasteiger partial charge in [-0.3, -0.25) is 10.2 Å². The molecule has 0 aliphatic carbocycles. The van der Waals surface area contributed by atoms with Crippen molar-refractivity contribution < 1.29 is 9.53 Å². The van der Waals surface area contributed by atoms with Gasteiger partial charge in [-0.15, -0.1) is 0 Å². The first-order valence-electron chi connectivity index (χ1n) is 4.94. The monoisotopic (exact) mass is 206 g/mol. The second-order valence-electron chi connectivity index (χ2n) is 3.54. The molecule has 1 heterocycles. The summed E-state index contributed by atoms with van der Waals surface area (Å²) < 4.78 is 4.74. The fourth-order valence-corrected chi connectivity index (χ4v) is 1.86. The summed E-state index contributed by atoms with van der Waals surface area (Å²) in [5, 5.41) is 0. The zero-order valence-electron chi connectivity index (χ0n) is 8.57. The van der Waals surface area contributed by atoms with E-state index in [2.05, 4.69) is 10.9 Å². The second-order valence-corrected chi connectivity index (χ2v) is 3.54. The second kappa shape index (κ2) is 4.42. The summed E-state index contributed by atoms with van der Waals surface area (Å²) in [5.74, 6) is -0.0903. The van der Waals surface area contributed by atoms with Crippen LogP contribution in [0.3, 0.4) is 0 Å². The molecular formula is C11H14N2O2. The van der Waals surface area contributed by atoms with Crippen molar-refractivity contribution in [2.45, 2.75) is 12.0 Å². The molecule has 0 spiro atoms. The van der Waals surface area contributed by atoms with Gasteiger partial charge in [0, 0.05) is 12.5 Å². The number of hydrazine groups is 1. The number of ether oxygens (including phenoxy) is 1. The Morgan fingerprint density at radius 3 is 2.80 bits per heavy atom. The van der Waals surface area contributed by atoms with E-state index in [4.69, 9.17) is 4.74 Å². The summed E-state index contributed by atoms with van der Waals surface area (Å²) in [6, 6.07) is 9.67. The van der Waals surface area contributed by atoms with Crippen LogP contribution >= 0.6 is 0 Å². The maximum atomic E-state index is 11.5. The van der Waals surface area contributed by atoms with Gasteiger partial charge in [-0.2, -0.15) is 0 Å². The van der Waals surface area contributed by atoms with Crippen LogP contribution < -0.4 is 10.9 Å². The predicted molar refractivity (Wildman–Crippen MR) is 56.1 cm³/mol. The van der Waals surface area contributed by atoms with Crippen LogP contribution in [0.15, 0.2) is 30.3 Å². The highest BCUT2D eigenvalue weighted by Gasteiger charge is 2.34. The van der Waals surface area contributed by atoms with Gasteiger partial charge in [0.2, 0.25) is 0 Å². The first-order valence-corrected chi connectivity index (χ1v) is 4.94. The molecule has 4 heteroatoms. The van der Waals surface area contributed by atoms with Gasteiger partial charge in [-0.25, -0.2) is 5.43 Å². The van der Waals surface area contributed by atoms with E-state index >= 15 is 0 Å². The van der Waals surface area contributed by atoms with E-state index in [9.17, 15) is 4.79 Å². The number of methoxy groups -OCH3 is 1. The summed E-state index contributed by atoms with van der Waals surface area (Å²) in [5.41, 5.74) is 7.06. The van der Waals surface area contributed by atoms with E-state index in [0.717, 1.165) is 12.1 Å². The quantitative estimate of drug-likeness (QED) is 0.689. The van der Waals surface area contributed by atoms with E-state index in [-0.39, 0.29) is 17.9 Å². The number of nitrogens with one attached hydrogen (secondary N) is 2. The van der Waals surface area contributed by atoms with Gasteiger partial charge in [0.25, 0.3) is 0 Å². The molecule has 0 aromatic heterocycles. The Kier molecular flexibility index (Phi) is 2.99. The molecule has 0 saturated carbocycles. The lowest BCUT2D eigenvalue weighted by molar-refractivity contribution is -0.143. The predicted octanol–water partition coefficient (Wildman–Crippen LogP) is 0.420. The van der Waals surface area contributed by atoms with Gasteiger partial charge in [0.15, 0.2) is 0 Å². The lowest BCUT2D eigenvalue weighted by atomic mass is 9.93. The lowest BCUT2D eigenvalue weighted by Gasteiger charge is -2.15. The first-order chi connectivity index (χ1) is 7.33. The molecule has 1 aliphatic heterocycles. The third-order valence-electron chi connectivity index (χ3n) is 2.66. The molecule has 2 rings (SSSR count). The first kappa shape index (κ1) is 10.1. The van der Waals surface area contributed by atoms with Crippen LogP contribution in [0.2, 0.25) is 0 Å². The van der Waals surface area contributed by atoms with Gasteiger partial charge in [0.05, 0.1) is 7.11 Å². The minimum Gasteiger partial charge on any atom is -0.468 e. The SMILES string of the molecule is COC(=O)C1NNCC1c1ccccc1. The average Bonchev–Trinajstić information content (AvgIpc) is 2.78. The fourth-order valence-electron chi connectivity index (χ4n) is 1.86. The minimum atomic E-state index is -0.294. The van der Waals surface area contributed by atoms with Crippen molar-refractivity contribution in [3.63, 3.8) is 0 Å². The van der Waals surface area contributed by atoms with Crippen molar-refractivity contribution in [1.29, 1.82) is 0 Å². The lowest BCUT2D eigenvalue weighted by Crippen LogP contribution is -2.38. The molecule has 1 aliphatic rings. The van der Waals surface area contributed by atoms with Gasteiger partial charge in [0.1, 0.15) is 6.04 Å². The van der Waals surface area contributed by atoms with Crippen LogP contribution in [0.4, 0.5) is 0 Å². The third kappa shape index (κ3) is 2.00. The molecule has 1 aromatic carbocycles. The van der Waals surface area contributed by atoms with Gasteiger partial charge >= 0.3 is 5.97 Å².